The largest absolute Gasteiger partial charge is 0.497 e. The second-order valence-corrected chi connectivity index (χ2v) is 13.4. The lowest BCUT2D eigenvalue weighted by Gasteiger charge is -2.46. The first-order valence-corrected chi connectivity index (χ1v) is 18.0. The normalized spacial score (nSPS) is 26.2. The van der Waals surface area contributed by atoms with Gasteiger partial charge in [-0.2, -0.15) is 0 Å². The van der Waals surface area contributed by atoms with Crippen LogP contribution in [0.25, 0.3) is 22.0 Å². The zero-order valence-corrected chi connectivity index (χ0v) is 33.3. The minimum absolute atomic E-state index is 0.329. The maximum atomic E-state index is 12.8. The third-order valence-electron chi connectivity index (χ3n) is 8.78. The Bertz CT molecular complexity index is 2090. The van der Waals surface area contributed by atoms with E-state index in [1.807, 2.05) is 24.3 Å². The number of carbonyl (C=O) groups is 7. The zero-order chi connectivity index (χ0) is 43.2. The number of esters is 7. The molecule has 59 heavy (non-hydrogen) atoms. The first-order valence-electron chi connectivity index (χ1n) is 18.0. The van der Waals surface area contributed by atoms with Gasteiger partial charge in [-0.05, 0) is 29.0 Å². The number of aromatic nitrogens is 3. The number of nitrogens with zero attached hydrogens (tertiary/aromatic N) is 3. The quantitative estimate of drug-likeness (QED) is 0.166. The smallest absolute Gasteiger partial charge is 0.303 e. The van der Waals surface area contributed by atoms with Crippen LogP contribution in [0.1, 0.15) is 54.7 Å². The van der Waals surface area contributed by atoms with Crippen molar-refractivity contribution in [3.05, 3.63) is 42.6 Å². The van der Waals surface area contributed by atoms with Crippen LogP contribution in [0.4, 0.5) is 0 Å². The lowest BCUT2D eigenvalue weighted by atomic mass is 9.97. The van der Waals surface area contributed by atoms with Crippen molar-refractivity contribution in [2.75, 3.05) is 20.3 Å². The van der Waals surface area contributed by atoms with Gasteiger partial charge < -0.3 is 52.1 Å². The van der Waals surface area contributed by atoms with Gasteiger partial charge in [-0.15, -0.1) is 5.10 Å². The van der Waals surface area contributed by atoms with Crippen LogP contribution in [-0.2, 0) is 80.9 Å². The Kier molecular flexibility index (Phi) is 13.8. The van der Waals surface area contributed by atoms with Gasteiger partial charge in [0.1, 0.15) is 30.8 Å². The summed E-state index contributed by atoms with van der Waals surface area (Å²) in [5.74, 6) is -8.09. The van der Waals surface area contributed by atoms with Crippen molar-refractivity contribution < 1.29 is 85.7 Å². The number of fused-ring (bicyclic) bond motifs is 1. The molecule has 0 bridgehead atoms. The fourth-order valence-corrected chi connectivity index (χ4v) is 6.56. The molecule has 0 aliphatic carbocycles. The molecule has 0 N–H and O–H groups in total. The van der Waals surface area contributed by atoms with Crippen molar-refractivity contribution in [2.45, 2.75) is 103 Å². The van der Waals surface area contributed by atoms with Crippen molar-refractivity contribution in [3.63, 3.8) is 0 Å². The summed E-state index contributed by atoms with van der Waals surface area (Å²) >= 11 is 0. The summed E-state index contributed by atoms with van der Waals surface area (Å²) in [5.41, 5.74) is 0.947. The van der Waals surface area contributed by atoms with Crippen LogP contribution >= 0.6 is 0 Å². The second kappa shape index (κ2) is 18.6. The number of ether oxygens (including phenoxy) is 11. The van der Waals surface area contributed by atoms with Crippen molar-refractivity contribution in [1.82, 2.24) is 15.0 Å². The topological polar surface area (TPSA) is 252 Å². The molecule has 0 saturated carbocycles. The number of methoxy groups -OCH3 is 1. The molecule has 21 heteroatoms. The van der Waals surface area contributed by atoms with E-state index in [0.717, 1.165) is 63.9 Å². The molecule has 21 nitrogen and oxygen atoms in total. The predicted molar refractivity (Wildman–Crippen MR) is 193 cm³/mol. The van der Waals surface area contributed by atoms with Gasteiger partial charge in [-0.1, -0.05) is 23.4 Å². The van der Waals surface area contributed by atoms with E-state index in [4.69, 9.17) is 52.1 Å². The molecule has 318 valence electrons. The van der Waals surface area contributed by atoms with E-state index in [-0.39, 0.29) is 0 Å². The monoisotopic (exact) mass is 829 g/mol. The Balaban J connectivity index is 1.63. The van der Waals surface area contributed by atoms with E-state index < -0.39 is 110 Å². The van der Waals surface area contributed by atoms with Crippen LogP contribution in [0.15, 0.2) is 42.6 Å². The Labute approximate surface area is 336 Å². The van der Waals surface area contributed by atoms with Crippen molar-refractivity contribution in [3.8, 4) is 17.0 Å². The highest BCUT2D eigenvalue weighted by Gasteiger charge is 2.65. The first kappa shape index (κ1) is 43.9. The van der Waals surface area contributed by atoms with Gasteiger partial charge >= 0.3 is 41.8 Å². The van der Waals surface area contributed by atoms with E-state index in [9.17, 15) is 33.6 Å². The maximum absolute atomic E-state index is 12.8. The standard InChI is InChI=1S/C38H43N3O18/c1-18(42)50-16-30-31(52-20(3)44)32(53-21(4)45)33(54-22(5)46)37(57-30)59-38(17-51-19(2)43)35(56-24(7)48)34(55-23(6)47)36(58-38)41-15-29(39-40-41)27-10-9-26-14-28(49-8)12-11-25(26)13-27/h9-15,30-37H,16-17H2,1-8H3/t30-,31-,32+,33-,34+,35+,36+,37-,38+/m1/s1. The second-order valence-electron chi connectivity index (χ2n) is 13.4. The summed E-state index contributed by atoms with van der Waals surface area (Å²) in [6.07, 6.45) is -12.0. The third kappa shape index (κ3) is 10.7. The van der Waals surface area contributed by atoms with Crippen LogP contribution < -0.4 is 4.74 Å². The molecular formula is C38H43N3O18. The molecule has 2 aromatic carbocycles. The van der Waals surface area contributed by atoms with E-state index >= 15 is 0 Å². The molecule has 3 heterocycles. The van der Waals surface area contributed by atoms with Gasteiger partial charge in [-0.25, -0.2) is 4.68 Å². The van der Waals surface area contributed by atoms with E-state index in [2.05, 4.69) is 10.3 Å². The first-order chi connectivity index (χ1) is 27.9. The highest BCUT2D eigenvalue weighted by molar-refractivity contribution is 5.87. The average molecular weight is 830 g/mol. The van der Waals surface area contributed by atoms with Crippen LogP contribution in [0, 0.1) is 0 Å². The molecule has 0 spiro atoms. The summed E-state index contributed by atoms with van der Waals surface area (Å²) < 4.78 is 63.9. The van der Waals surface area contributed by atoms with Gasteiger partial charge in [0.2, 0.25) is 18.2 Å². The number of benzene rings is 2. The summed E-state index contributed by atoms with van der Waals surface area (Å²) in [6.45, 7) is 5.81. The Morgan fingerprint density at radius 2 is 1.25 bits per heavy atom. The minimum atomic E-state index is -2.53. The highest BCUT2D eigenvalue weighted by atomic mass is 16.8. The van der Waals surface area contributed by atoms with Gasteiger partial charge in [-0.3, -0.25) is 33.6 Å². The lowest BCUT2D eigenvalue weighted by molar-refractivity contribution is -0.386. The summed E-state index contributed by atoms with van der Waals surface area (Å²) in [7, 11) is 1.56. The lowest BCUT2D eigenvalue weighted by Crippen LogP contribution is -2.65. The van der Waals surface area contributed by atoms with E-state index in [1.54, 1.807) is 19.2 Å². The highest BCUT2D eigenvalue weighted by Crippen LogP contribution is 2.45. The molecular weight excluding hydrogens is 786 g/mol. The SMILES string of the molecule is COc1ccc2cc(-c3cn([C@H]4O[C@@](COC(C)=O)(O[C@H]5O[C@H](COC(C)=O)[C@@H](OC(C)=O)[C@H](OC(C)=O)[C@H]5OC(C)=O)[C@@H](OC(C)=O)[C@@H]4OC(C)=O)nn3)ccc2c1. The predicted octanol–water partition coefficient (Wildman–Crippen LogP) is 1.86. The molecule has 0 unspecified atom stereocenters. The molecule has 1 aromatic heterocycles. The number of hydrogen-bond acceptors (Lipinski definition) is 20. The van der Waals surface area contributed by atoms with Crippen molar-refractivity contribution >= 4 is 52.6 Å². The van der Waals surface area contributed by atoms with Gasteiger partial charge in [0, 0.05) is 54.0 Å². The van der Waals surface area contributed by atoms with Gasteiger partial charge in [0.05, 0.1) is 13.3 Å². The fourth-order valence-electron chi connectivity index (χ4n) is 6.56. The molecule has 2 saturated heterocycles. The molecule has 0 radical (unpaired) electrons. The third-order valence-corrected chi connectivity index (χ3v) is 8.78. The maximum Gasteiger partial charge on any atom is 0.303 e. The molecule has 2 fully saturated rings. The molecule has 9 atom stereocenters. The van der Waals surface area contributed by atoms with Crippen LogP contribution in [-0.4, -0.2) is 126 Å². The molecule has 2 aliphatic heterocycles. The Morgan fingerprint density at radius 3 is 1.86 bits per heavy atom. The Hall–Kier alpha value is -6.19. The molecule has 3 aromatic rings. The molecule has 0 amide bonds. The molecule has 5 rings (SSSR count). The van der Waals surface area contributed by atoms with Crippen LogP contribution in [0.2, 0.25) is 0 Å². The fraction of sp³-hybridized carbons (Fsp3) is 0.500. The Morgan fingerprint density at radius 1 is 0.678 bits per heavy atom. The summed E-state index contributed by atoms with van der Waals surface area (Å²) in [5, 5.41) is 10.2. The summed E-state index contributed by atoms with van der Waals surface area (Å²) in [6, 6.07) is 11.0. The minimum Gasteiger partial charge on any atom is -0.497 e. The average Bonchev–Trinajstić information content (AvgIpc) is 3.74. The number of carbonyl (C=O) groups excluding carboxylic acids is 7. The molecule has 2 aliphatic rings. The zero-order valence-electron chi connectivity index (χ0n) is 33.3. The summed E-state index contributed by atoms with van der Waals surface area (Å²) in [4.78, 5) is 87.1. The van der Waals surface area contributed by atoms with Gasteiger partial charge in [0.15, 0.2) is 30.6 Å². The van der Waals surface area contributed by atoms with Gasteiger partial charge in [0.25, 0.3) is 0 Å². The van der Waals surface area contributed by atoms with Crippen LogP contribution in [0.3, 0.4) is 0 Å². The number of rotatable bonds is 14. The van der Waals surface area contributed by atoms with Crippen molar-refractivity contribution in [1.29, 1.82) is 0 Å². The van der Waals surface area contributed by atoms with Crippen molar-refractivity contribution in [2.24, 2.45) is 0 Å². The van der Waals surface area contributed by atoms with E-state index in [1.165, 1.54) is 6.20 Å². The number of hydrogen-bond donors (Lipinski definition) is 0. The van der Waals surface area contributed by atoms with Crippen LogP contribution in [0.5, 0.6) is 5.75 Å². The van der Waals surface area contributed by atoms with E-state index in [0.29, 0.717) is 17.0 Å².